The summed E-state index contributed by atoms with van der Waals surface area (Å²) in [6, 6.07) is 5.56. The van der Waals surface area contributed by atoms with Crippen LogP contribution in [0, 0.1) is 6.92 Å². The van der Waals surface area contributed by atoms with Crippen molar-refractivity contribution in [3.63, 3.8) is 0 Å². The number of aliphatic hydroxyl groups is 1. The molecule has 1 rings (SSSR count). The molecular weight excluding hydrogens is 258 g/mol. The second-order valence-electron chi connectivity index (χ2n) is 3.27. The molecule has 0 aliphatic carbocycles. The van der Waals surface area contributed by atoms with Crippen LogP contribution in [0.3, 0.4) is 0 Å². The topological polar surface area (TPSA) is 49.3 Å². The number of amides is 1. The zero-order chi connectivity index (χ0) is 11.3. The lowest BCUT2D eigenvalue weighted by atomic mass is 10.1. The molecule has 1 aromatic carbocycles. The zero-order valence-electron chi connectivity index (χ0n) is 8.59. The van der Waals surface area contributed by atoms with Crippen LogP contribution in [-0.4, -0.2) is 24.2 Å². The molecule has 15 heavy (non-hydrogen) atoms. The van der Waals surface area contributed by atoms with E-state index in [4.69, 9.17) is 5.11 Å². The van der Waals surface area contributed by atoms with E-state index in [2.05, 4.69) is 21.2 Å². The van der Waals surface area contributed by atoms with Crippen molar-refractivity contribution in [3.8, 4) is 0 Å². The third-order valence-electron chi connectivity index (χ3n) is 2.06. The lowest BCUT2D eigenvalue weighted by molar-refractivity contribution is 0.0950. The number of nitrogens with one attached hydrogen (secondary N) is 1. The van der Waals surface area contributed by atoms with Gasteiger partial charge >= 0.3 is 0 Å². The summed E-state index contributed by atoms with van der Waals surface area (Å²) in [5.74, 6) is -0.112. The number of aryl methyl sites for hydroxylation is 1. The van der Waals surface area contributed by atoms with Crippen molar-refractivity contribution in [2.24, 2.45) is 0 Å². The van der Waals surface area contributed by atoms with E-state index in [1.54, 1.807) is 6.07 Å². The normalized spacial score (nSPS) is 10.1. The molecule has 2 N–H and O–H groups in total. The Morgan fingerprint density at radius 2 is 2.27 bits per heavy atom. The van der Waals surface area contributed by atoms with Crippen molar-refractivity contribution in [1.82, 2.24) is 5.32 Å². The summed E-state index contributed by atoms with van der Waals surface area (Å²) in [6.07, 6.45) is 0.579. The van der Waals surface area contributed by atoms with Crippen LogP contribution in [0.15, 0.2) is 22.7 Å². The quantitative estimate of drug-likeness (QED) is 0.822. The van der Waals surface area contributed by atoms with Crippen LogP contribution in [0.5, 0.6) is 0 Å². The van der Waals surface area contributed by atoms with Crippen molar-refractivity contribution in [2.45, 2.75) is 13.3 Å². The van der Waals surface area contributed by atoms with Crippen LogP contribution in [0.25, 0.3) is 0 Å². The van der Waals surface area contributed by atoms with Gasteiger partial charge in [0.15, 0.2) is 0 Å². The highest BCUT2D eigenvalue weighted by atomic mass is 79.9. The summed E-state index contributed by atoms with van der Waals surface area (Å²) in [7, 11) is 0. The molecule has 1 aromatic rings. The van der Waals surface area contributed by atoms with Gasteiger partial charge in [0.05, 0.1) is 5.56 Å². The van der Waals surface area contributed by atoms with Crippen LogP contribution in [0.1, 0.15) is 22.3 Å². The van der Waals surface area contributed by atoms with Gasteiger partial charge in [0.25, 0.3) is 5.91 Å². The third-order valence-corrected chi connectivity index (χ3v) is 3.11. The molecule has 0 fully saturated rings. The molecular formula is C11H14BrNO2. The zero-order valence-corrected chi connectivity index (χ0v) is 10.2. The summed E-state index contributed by atoms with van der Waals surface area (Å²) in [6.45, 7) is 2.53. The molecule has 3 nitrogen and oxygen atoms in total. The second kappa shape index (κ2) is 5.88. The van der Waals surface area contributed by atoms with Gasteiger partial charge in [0, 0.05) is 17.6 Å². The lowest BCUT2D eigenvalue weighted by Gasteiger charge is -2.07. The van der Waals surface area contributed by atoms with Gasteiger partial charge in [0.2, 0.25) is 0 Å². The molecule has 0 unspecified atom stereocenters. The summed E-state index contributed by atoms with van der Waals surface area (Å²) in [5, 5.41) is 11.3. The molecule has 0 aliphatic heterocycles. The van der Waals surface area contributed by atoms with Crippen LogP contribution >= 0.6 is 15.9 Å². The van der Waals surface area contributed by atoms with E-state index in [-0.39, 0.29) is 12.5 Å². The fourth-order valence-electron chi connectivity index (χ4n) is 1.20. The van der Waals surface area contributed by atoms with Crippen molar-refractivity contribution in [2.75, 3.05) is 13.2 Å². The molecule has 0 saturated carbocycles. The largest absolute Gasteiger partial charge is 0.396 e. The van der Waals surface area contributed by atoms with Gasteiger partial charge in [-0.15, -0.1) is 0 Å². The van der Waals surface area contributed by atoms with Gasteiger partial charge < -0.3 is 10.4 Å². The molecule has 0 bridgehead atoms. The van der Waals surface area contributed by atoms with Gasteiger partial charge in [-0.25, -0.2) is 0 Å². The highest BCUT2D eigenvalue weighted by Crippen LogP contribution is 2.20. The van der Waals surface area contributed by atoms with Crippen molar-refractivity contribution < 1.29 is 9.90 Å². The number of hydrogen-bond donors (Lipinski definition) is 2. The van der Waals surface area contributed by atoms with Gasteiger partial charge in [-0.3, -0.25) is 4.79 Å². The summed E-state index contributed by atoms with van der Waals surface area (Å²) >= 11 is 3.38. The highest BCUT2D eigenvalue weighted by molar-refractivity contribution is 9.10. The Kier molecular flexibility index (Phi) is 4.78. The SMILES string of the molecule is Cc1cccc(C(=O)NCCCO)c1Br. The Morgan fingerprint density at radius 1 is 1.53 bits per heavy atom. The van der Waals surface area contributed by atoms with Crippen LogP contribution in [0.2, 0.25) is 0 Å². The van der Waals surface area contributed by atoms with E-state index in [0.29, 0.717) is 18.5 Å². The minimum absolute atomic E-state index is 0.0925. The van der Waals surface area contributed by atoms with E-state index < -0.39 is 0 Å². The smallest absolute Gasteiger partial charge is 0.252 e. The van der Waals surface area contributed by atoms with Crippen LogP contribution in [-0.2, 0) is 0 Å². The number of hydrogen-bond acceptors (Lipinski definition) is 2. The van der Waals surface area contributed by atoms with E-state index in [1.807, 2.05) is 19.1 Å². The molecule has 82 valence electrons. The Balaban J connectivity index is 2.69. The van der Waals surface area contributed by atoms with E-state index in [9.17, 15) is 4.79 Å². The maximum absolute atomic E-state index is 11.7. The Hall–Kier alpha value is -0.870. The minimum Gasteiger partial charge on any atom is -0.396 e. The maximum Gasteiger partial charge on any atom is 0.252 e. The van der Waals surface area contributed by atoms with Crippen LogP contribution in [0.4, 0.5) is 0 Å². The molecule has 0 heterocycles. The molecule has 0 spiro atoms. The number of aliphatic hydroxyl groups excluding tert-OH is 1. The van der Waals surface area contributed by atoms with Crippen LogP contribution < -0.4 is 5.32 Å². The predicted octanol–water partition coefficient (Wildman–Crippen LogP) is 1.87. The van der Waals surface area contributed by atoms with Gasteiger partial charge in [-0.2, -0.15) is 0 Å². The Bertz CT molecular complexity index is 352. The first-order valence-electron chi connectivity index (χ1n) is 4.81. The summed E-state index contributed by atoms with van der Waals surface area (Å²) in [5.41, 5.74) is 1.66. The van der Waals surface area contributed by atoms with Crippen molar-refractivity contribution in [3.05, 3.63) is 33.8 Å². The Morgan fingerprint density at radius 3 is 2.93 bits per heavy atom. The average molecular weight is 272 g/mol. The van der Waals surface area contributed by atoms with Crippen molar-refractivity contribution >= 4 is 21.8 Å². The molecule has 1 amide bonds. The fraction of sp³-hybridized carbons (Fsp3) is 0.364. The summed E-state index contributed by atoms with van der Waals surface area (Å²) < 4.78 is 0.825. The number of rotatable bonds is 4. The van der Waals surface area contributed by atoms with Gasteiger partial charge in [-0.1, -0.05) is 12.1 Å². The molecule has 0 atom stereocenters. The van der Waals surface area contributed by atoms with Gasteiger partial charge in [-0.05, 0) is 40.9 Å². The first-order valence-corrected chi connectivity index (χ1v) is 5.60. The van der Waals surface area contributed by atoms with E-state index in [1.165, 1.54) is 0 Å². The van der Waals surface area contributed by atoms with Gasteiger partial charge in [0.1, 0.15) is 0 Å². The average Bonchev–Trinajstić information content (AvgIpc) is 2.22. The minimum atomic E-state index is -0.112. The van der Waals surface area contributed by atoms with E-state index in [0.717, 1.165) is 10.0 Å². The molecule has 0 aliphatic rings. The number of benzene rings is 1. The third kappa shape index (κ3) is 3.32. The number of carbonyl (C=O) groups is 1. The second-order valence-corrected chi connectivity index (χ2v) is 4.06. The monoisotopic (exact) mass is 271 g/mol. The molecule has 0 saturated heterocycles. The Labute approximate surface area is 97.6 Å². The first-order chi connectivity index (χ1) is 7.16. The van der Waals surface area contributed by atoms with E-state index >= 15 is 0 Å². The fourth-order valence-corrected chi connectivity index (χ4v) is 1.64. The number of carbonyl (C=O) groups excluding carboxylic acids is 1. The maximum atomic E-state index is 11.7. The standard InChI is InChI=1S/C11H14BrNO2/c1-8-4-2-5-9(10(8)12)11(15)13-6-3-7-14/h2,4-5,14H,3,6-7H2,1H3,(H,13,15). The summed E-state index contributed by atoms with van der Waals surface area (Å²) in [4.78, 5) is 11.7. The lowest BCUT2D eigenvalue weighted by Crippen LogP contribution is -2.25. The van der Waals surface area contributed by atoms with Crippen molar-refractivity contribution in [1.29, 1.82) is 0 Å². The molecule has 0 radical (unpaired) electrons. The molecule has 0 aromatic heterocycles. The number of halogens is 1. The molecule has 4 heteroatoms. The first kappa shape index (κ1) is 12.2. The highest BCUT2D eigenvalue weighted by Gasteiger charge is 2.09. The predicted molar refractivity (Wildman–Crippen MR) is 62.9 cm³/mol.